The predicted octanol–water partition coefficient (Wildman–Crippen LogP) is 4.10. The Labute approximate surface area is 120 Å². The SMILES string of the molecule is CC(C)(CCC#N)CNc1ccc([N+](=O)[O-])c(Br)c1. The molecule has 1 aromatic rings. The minimum Gasteiger partial charge on any atom is -0.384 e. The van der Waals surface area contributed by atoms with Gasteiger partial charge in [-0.3, -0.25) is 10.1 Å². The molecule has 1 aromatic carbocycles. The molecule has 0 radical (unpaired) electrons. The molecule has 1 rings (SSSR count). The Kier molecular flexibility index (Phi) is 5.31. The third-order valence-corrected chi connectivity index (χ3v) is 3.46. The first-order valence-electron chi connectivity index (χ1n) is 5.90. The van der Waals surface area contributed by atoms with E-state index in [0.29, 0.717) is 17.4 Å². The first-order chi connectivity index (χ1) is 8.85. The Bertz CT molecular complexity index is 509. The van der Waals surface area contributed by atoms with Gasteiger partial charge in [0.25, 0.3) is 5.69 Å². The standard InChI is InChI=1S/C13H16BrN3O2/c1-13(2,6-3-7-15)9-16-10-4-5-12(17(18)19)11(14)8-10/h4-5,8,16H,3,6,9H2,1-2H3. The first kappa shape index (κ1) is 15.4. The van der Waals surface area contributed by atoms with Gasteiger partial charge < -0.3 is 5.32 Å². The number of halogens is 1. The Hall–Kier alpha value is -1.61. The zero-order valence-corrected chi connectivity index (χ0v) is 12.5. The van der Waals surface area contributed by atoms with Crippen molar-refractivity contribution in [1.29, 1.82) is 5.26 Å². The molecule has 0 fully saturated rings. The third kappa shape index (κ3) is 4.87. The topological polar surface area (TPSA) is 79.0 Å². The number of benzene rings is 1. The third-order valence-electron chi connectivity index (χ3n) is 2.83. The fourth-order valence-corrected chi connectivity index (χ4v) is 2.11. The molecule has 0 unspecified atom stereocenters. The van der Waals surface area contributed by atoms with Crippen molar-refractivity contribution < 1.29 is 4.92 Å². The minimum absolute atomic E-state index is 0.00395. The molecule has 1 N–H and O–H groups in total. The number of hydrogen-bond donors (Lipinski definition) is 1. The molecule has 5 nitrogen and oxygen atoms in total. The van der Waals surface area contributed by atoms with E-state index in [1.807, 2.05) is 0 Å². The highest BCUT2D eigenvalue weighted by Crippen LogP contribution is 2.29. The highest BCUT2D eigenvalue weighted by atomic mass is 79.9. The van der Waals surface area contributed by atoms with Gasteiger partial charge in [0.1, 0.15) is 0 Å². The normalized spacial score (nSPS) is 10.8. The van der Waals surface area contributed by atoms with E-state index < -0.39 is 4.92 Å². The van der Waals surface area contributed by atoms with E-state index in [1.165, 1.54) is 6.07 Å². The first-order valence-corrected chi connectivity index (χ1v) is 6.70. The number of nitrogens with zero attached hydrogens (tertiary/aromatic N) is 2. The molecule has 0 aliphatic rings. The molecular formula is C13H16BrN3O2. The van der Waals surface area contributed by atoms with Crippen LogP contribution >= 0.6 is 15.9 Å². The van der Waals surface area contributed by atoms with Crippen molar-refractivity contribution in [1.82, 2.24) is 0 Å². The summed E-state index contributed by atoms with van der Waals surface area (Å²) in [6.07, 6.45) is 1.34. The second-order valence-corrected chi connectivity index (χ2v) is 5.95. The van der Waals surface area contributed by atoms with Gasteiger partial charge in [0, 0.05) is 24.7 Å². The van der Waals surface area contributed by atoms with Gasteiger partial charge >= 0.3 is 0 Å². The van der Waals surface area contributed by atoms with Crippen LogP contribution in [0.5, 0.6) is 0 Å². The van der Waals surface area contributed by atoms with Crippen LogP contribution in [0.1, 0.15) is 26.7 Å². The van der Waals surface area contributed by atoms with Crippen LogP contribution in [0, 0.1) is 26.9 Å². The van der Waals surface area contributed by atoms with Crippen molar-refractivity contribution in [3.63, 3.8) is 0 Å². The maximum absolute atomic E-state index is 10.7. The summed E-state index contributed by atoms with van der Waals surface area (Å²) in [4.78, 5) is 10.3. The number of nitro benzene ring substituents is 1. The van der Waals surface area contributed by atoms with Gasteiger partial charge in [-0.05, 0) is 39.9 Å². The summed E-state index contributed by atoms with van der Waals surface area (Å²) in [6.45, 7) is 4.87. The summed E-state index contributed by atoms with van der Waals surface area (Å²) in [5.74, 6) is 0. The smallest absolute Gasteiger partial charge is 0.283 e. The van der Waals surface area contributed by atoms with Gasteiger partial charge in [0.15, 0.2) is 0 Å². The molecule has 0 saturated heterocycles. The van der Waals surface area contributed by atoms with Crippen molar-refractivity contribution in [3.05, 3.63) is 32.8 Å². The fourth-order valence-electron chi connectivity index (χ4n) is 1.59. The van der Waals surface area contributed by atoms with Crippen molar-refractivity contribution >= 4 is 27.3 Å². The van der Waals surface area contributed by atoms with Crippen LogP contribution < -0.4 is 5.32 Å². The van der Waals surface area contributed by atoms with Crippen molar-refractivity contribution in [2.45, 2.75) is 26.7 Å². The summed E-state index contributed by atoms with van der Waals surface area (Å²) < 4.78 is 0.456. The molecule has 0 bridgehead atoms. The fraction of sp³-hybridized carbons (Fsp3) is 0.462. The molecule has 19 heavy (non-hydrogen) atoms. The number of nitro groups is 1. The average molecular weight is 326 g/mol. The van der Waals surface area contributed by atoms with E-state index in [2.05, 4.69) is 41.2 Å². The summed E-state index contributed by atoms with van der Waals surface area (Å²) in [5, 5.41) is 22.5. The van der Waals surface area contributed by atoms with E-state index in [-0.39, 0.29) is 11.1 Å². The highest BCUT2D eigenvalue weighted by molar-refractivity contribution is 9.10. The predicted molar refractivity (Wildman–Crippen MR) is 77.9 cm³/mol. The van der Waals surface area contributed by atoms with Crippen molar-refractivity contribution in [2.24, 2.45) is 5.41 Å². The van der Waals surface area contributed by atoms with Crippen LogP contribution in [0.4, 0.5) is 11.4 Å². The van der Waals surface area contributed by atoms with E-state index in [1.54, 1.807) is 12.1 Å². The second-order valence-electron chi connectivity index (χ2n) is 5.10. The summed E-state index contributed by atoms with van der Waals surface area (Å²) in [6, 6.07) is 6.98. The van der Waals surface area contributed by atoms with Crippen LogP contribution in [0.25, 0.3) is 0 Å². The van der Waals surface area contributed by atoms with Gasteiger partial charge in [-0.2, -0.15) is 5.26 Å². The Morgan fingerprint density at radius 1 is 1.53 bits per heavy atom. The Morgan fingerprint density at radius 2 is 2.21 bits per heavy atom. The van der Waals surface area contributed by atoms with Crippen LogP contribution in [-0.2, 0) is 0 Å². The molecular weight excluding hydrogens is 310 g/mol. The number of rotatable bonds is 6. The number of nitriles is 1. The minimum atomic E-state index is -0.426. The van der Waals surface area contributed by atoms with E-state index in [4.69, 9.17) is 5.26 Å². The molecule has 0 amide bonds. The van der Waals surface area contributed by atoms with Crippen LogP contribution in [0.15, 0.2) is 22.7 Å². The molecule has 0 aromatic heterocycles. The molecule has 0 atom stereocenters. The van der Waals surface area contributed by atoms with Crippen LogP contribution in [0.2, 0.25) is 0 Å². The summed E-state index contributed by atoms with van der Waals surface area (Å²) in [7, 11) is 0. The number of hydrogen-bond acceptors (Lipinski definition) is 4. The van der Waals surface area contributed by atoms with Crippen LogP contribution in [0.3, 0.4) is 0 Å². The lowest BCUT2D eigenvalue weighted by Gasteiger charge is -2.24. The highest BCUT2D eigenvalue weighted by Gasteiger charge is 2.18. The monoisotopic (exact) mass is 325 g/mol. The lowest BCUT2D eigenvalue weighted by molar-refractivity contribution is -0.385. The molecule has 0 spiro atoms. The lowest BCUT2D eigenvalue weighted by atomic mass is 9.88. The maximum atomic E-state index is 10.7. The number of nitrogens with one attached hydrogen (secondary N) is 1. The van der Waals surface area contributed by atoms with Gasteiger partial charge in [-0.1, -0.05) is 13.8 Å². The Balaban J connectivity index is 2.66. The van der Waals surface area contributed by atoms with Gasteiger partial charge in [0.2, 0.25) is 0 Å². The lowest BCUT2D eigenvalue weighted by Crippen LogP contribution is -2.22. The quantitative estimate of drug-likeness (QED) is 0.630. The van der Waals surface area contributed by atoms with E-state index in [9.17, 15) is 10.1 Å². The van der Waals surface area contributed by atoms with Crippen molar-refractivity contribution in [2.75, 3.05) is 11.9 Å². The zero-order chi connectivity index (χ0) is 14.5. The summed E-state index contributed by atoms with van der Waals surface area (Å²) >= 11 is 3.19. The van der Waals surface area contributed by atoms with E-state index in [0.717, 1.165) is 12.1 Å². The molecule has 0 aliphatic carbocycles. The molecule has 6 heteroatoms. The number of anilines is 1. The molecule has 0 heterocycles. The average Bonchev–Trinajstić information content (AvgIpc) is 2.34. The van der Waals surface area contributed by atoms with Crippen LogP contribution in [-0.4, -0.2) is 11.5 Å². The summed E-state index contributed by atoms with van der Waals surface area (Å²) in [5.41, 5.74) is 0.876. The Morgan fingerprint density at radius 3 is 2.74 bits per heavy atom. The van der Waals surface area contributed by atoms with Gasteiger partial charge in [-0.15, -0.1) is 0 Å². The molecule has 0 saturated carbocycles. The van der Waals surface area contributed by atoms with Gasteiger partial charge in [0.05, 0.1) is 15.5 Å². The van der Waals surface area contributed by atoms with E-state index >= 15 is 0 Å². The van der Waals surface area contributed by atoms with Crippen molar-refractivity contribution in [3.8, 4) is 6.07 Å². The largest absolute Gasteiger partial charge is 0.384 e. The maximum Gasteiger partial charge on any atom is 0.283 e. The second kappa shape index (κ2) is 6.53. The van der Waals surface area contributed by atoms with Gasteiger partial charge in [-0.25, -0.2) is 0 Å². The zero-order valence-electron chi connectivity index (χ0n) is 10.9. The molecule has 0 aliphatic heterocycles. The molecule has 102 valence electrons.